The first kappa shape index (κ1) is 20.5. The lowest BCUT2D eigenvalue weighted by molar-refractivity contribution is -0.114. The molecule has 0 saturated heterocycles. The summed E-state index contributed by atoms with van der Waals surface area (Å²) in [6.07, 6.45) is 3.40. The van der Waals surface area contributed by atoms with Crippen molar-refractivity contribution in [1.82, 2.24) is 19.7 Å². The molecule has 7 nitrogen and oxygen atoms in total. The number of aromatic nitrogens is 4. The fraction of sp³-hybridized carbons (Fsp3) is 0.250. The van der Waals surface area contributed by atoms with Crippen LogP contribution in [0.4, 0.5) is 5.69 Å². The van der Waals surface area contributed by atoms with Gasteiger partial charge in [0.2, 0.25) is 11.7 Å². The molecule has 0 spiro atoms. The second kappa shape index (κ2) is 7.50. The van der Waals surface area contributed by atoms with Crippen molar-refractivity contribution in [2.45, 2.75) is 33.1 Å². The maximum absolute atomic E-state index is 13.5. The standard InChI is InChI=1S/C24H25N5O2/c1-14(30)27-16-8-6-7-15(11-16)17-9-10-25-23-21(17)18(13-26-23)22(31)19-12-20(24(2,3)4)28-29(19)5/h6-13H,1-5H3,(H,25,26)(H,27,30). The molecule has 0 fully saturated rings. The van der Waals surface area contributed by atoms with Gasteiger partial charge in [-0.05, 0) is 35.4 Å². The summed E-state index contributed by atoms with van der Waals surface area (Å²) in [6.45, 7) is 7.68. The van der Waals surface area contributed by atoms with Gasteiger partial charge in [-0.15, -0.1) is 0 Å². The second-order valence-corrected chi connectivity index (χ2v) is 8.66. The number of aryl methyl sites for hydroxylation is 1. The number of pyridine rings is 1. The number of fused-ring (bicyclic) bond motifs is 1. The summed E-state index contributed by atoms with van der Waals surface area (Å²) in [5.74, 6) is -0.260. The number of amides is 1. The monoisotopic (exact) mass is 415 g/mol. The zero-order chi connectivity index (χ0) is 22.3. The summed E-state index contributed by atoms with van der Waals surface area (Å²) in [7, 11) is 1.79. The quantitative estimate of drug-likeness (QED) is 0.482. The highest BCUT2D eigenvalue weighted by Gasteiger charge is 2.25. The lowest BCUT2D eigenvalue weighted by atomic mass is 9.91. The van der Waals surface area contributed by atoms with Gasteiger partial charge in [0.25, 0.3) is 0 Å². The summed E-state index contributed by atoms with van der Waals surface area (Å²) >= 11 is 0. The van der Waals surface area contributed by atoms with Gasteiger partial charge in [0, 0.05) is 42.9 Å². The minimum absolute atomic E-state index is 0.121. The van der Waals surface area contributed by atoms with Crippen LogP contribution in [0.5, 0.6) is 0 Å². The lowest BCUT2D eigenvalue weighted by Crippen LogP contribution is -2.12. The van der Waals surface area contributed by atoms with E-state index in [1.165, 1.54) is 6.92 Å². The van der Waals surface area contributed by atoms with E-state index in [9.17, 15) is 9.59 Å². The smallest absolute Gasteiger partial charge is 0.221 e. The van der Waals surface area contributed by atoms with E-state index in [0.717, 1.165) is 22.2 Å². The van der Waals surface area contributed by atoms with Crippen LogP contribution >= 0.6 is 0 Å². The molecule has 3 aromatic heterocycles. The van der Waals surface area contributed by atoms with Gasteiger partial charge in [-0.2, -0.15) is 5.10 Å². The fourth-order valence-electron chi connectivity index (χ4n) is 3.63. The van der Waals surface area contributed by atoms with Crippen molar-refractivity contribution >= 4 is 28.4 Å². The fourth-order valence-corrected chi connectivity index (χ4v) is 3.63. The molecule has 4 aromatic rings. The minimum atomic E-state index is -0.159. The number of aromatic amines is 1. The zero-order valence-electron chi connectivity index (χ0n) is 18.3. The lowest BCUT2D eigenvalue weighted by Gasteiger charge is -2.13. The van der Waals surface area contributed by atoms with Gasteiger partial charge in [-0.1, -0.05) is 32.9 Å². The maximum Gasteiger partial charge on any atom is 0.221 e. The van der Waals surface area contributed by atoms with Crippen LogP contribution in [0.1, 0.15) is 49.4 Å². The molecule has 0 atom stereocenters. The van der Waals surface area contributed by atoms with E-state index in [1.807, 2.05) is 36.4 Å². The molecule has 0 radical (unpaired) electrons. The molecule has 0 saturated carbocycles. The third kappa shape index (κ3) is 3.86. The van der Waals surface area contributed by atoms with Crippen LogP contribution in [-0.2, 0) is 17.3 Å². The Hall–Kier alpha value is -3.74. The number of ketones is 1. The van der Waals surface area contributed by atoms with Crippen molar-refractivity contribution in [3.05, 3.63) is 65.7 Å². The Bertz CT molecular complexity index is 1310. The van der Waals surface area contributed by atoms with Gasteiger partial charge in [-0.3, -0.25) is 14.3 Å². The van der Waals surface area contributed by atoms with Gasteiger partial charge < -0.3 is 10.3 Å². The highest BCUT2D eigenvalue weighted by atomic mass is 16.1. The van der Waals surface area contributed by atoms with Gasteiger partial charge in [-0.25, -0.2) is 4.98 Å². The first-order valence-electron chi connectivity index (χ1n) is 10.1. The number of carbonyl (C=O) groups is 2. The number of hydrogen-bond acceptors (Lipinski definition) is 4. The Kier molecular flexibility index (Phi) is 4.97. The number of carbonyl (C=O) groups excluding carboxylic acids is 2. The number of anilines is 1. The van der Waals surface area contributed by atoms with Crippen LogP contribution < -0.4 is 5.32 Å². The van der Waals surface area contributed by atoms with Crippen molar-refractivity contribution in [1.29, 1.82) is 0 Å². The molecule has 0 aliphatic heterocycles. The Balaban J connectivity index is 1.84. The Labute approximate surface area is 180 Å². The molecule has 31 heavy (non-hydrogen) atoms. The Morgan fingerprint density at radius 1 is 1.13 bits per heavy atom. The molecule has 4 rings (SSSR count). The second-order valence-electron chi connectivity index (χ2n) is 8.66. The molecular weight excluding hydrogens is 390 g/mol. The summed E-state index contributed by atoms with van der Waals surface area (Å²) in [5.41, 5.74) is 4.82. The van der Waals surface area contributed by atoms with Crippen LogP contribution in [0.15, 0.2) is 48.8 Å². The first-order chi connectivity index (χ1) is 14.6. The topological polar surface area (TPSA) is 92.7 Å². The minimum Gasteiger partial charge on any atom is -0.345 e. The van der Waals surface area contributed by atoms with E-state index >= 15 is 0 Å². The van der Waals surface area contributed by atoms with Crippen molar-refractivity contribution in [2.24, 2.45) is 7.05 Å². The summed E-state index contributed by atoms with van der Waals surface area (Å²) in [6, 6.07) is 11.3. The molecule has 0 aliphatic carbocycles. The van der Waals surface area contributed by atoms with Crippen molar-refractivity contribution < 1.29 is 9.59 Å². The molecule has 158 valence electrons. The highest BCUT2D eigenvalue weighted by molar-refractivity contribution is 6.18. The summed E-state index contributed by atoms with van der Waals surface area (Å²) in [4.78, 5) is 32.5. The van der Waals surface area contributed by atoms with Crippen LogP contribution in [0, 0.1) is 0 Å². The van der Waals surface area contributed by atoms with E-state index in [-0.39, 0.29) is 17.1 Å². The number of nitrogens with one attached hydrogen (secondary N) is 2. The highest BCUT2D eigenvalue weighted by Crippen LogP contribution is 2.33. The number of benzene rings is 1. The van der Waals surface area contributed by atoms with Crippen LogP contribution in [-0.4, -0.2) is 31.4 Å². The maximum atomic E-state index is 13.5. The third-order valence-electron chi connectivity index (χ3n) is 5.19. The van der Waals surface area contributed by atoms with Crippen molar-refractivity contribution in [3.63, 3.8) is 0 Å². The third-order valence-corrected chi connectivity index (χ3v) is 5.19. The van der Waals surface area contributed by atoms with E-state index in [0.29, 0.717) is 22.6 Å². The normalized spacial score (nSPS) is 11.6. The van der Waals surface area contributed by atoms with Crippen LogP contribution in [0.3, 0.4) is 0 Å². The Morgan fingerprint density at radius 2 is 1.90 bits per heavy atom. The average Bonchev–Trinajstić information content (AvgIpc) is 3.30. The molecule has 7 heteroatoms. The Morgan fingerprint density at radius 3 is 2.58 bits per heavy atom. The van der Waals surface area contributed by atoms with Crippen molar-refractivity contribution in [2.75, 3.05) is 5.32 Å². The van der Waals surface area contributed by atoms with Crippen molar-refractivity contribution in [3.8, 4) is 11.1 Å². The van der Waals surface area contributed by atoms with Crippen LogP contribution in [0.25, 0.3) is 22.2 Å². The predicted molar refractivity (Wildman–Crippen MR) is 121 cm³/mol. The largest absolute Gasteiger partial charge is 0.345 e. The molecular formula is C24H25N5O2. The molecule has 0 unspecified atom stereocenters. The first-order valence-corrected chi connectivity index (χ1v) is 10.1. The number of nitrogens with zero attached hydrogens (tertiary/aromatic N) is 3. The van der Waals surface area contributed by atoms with Crippen LogP contribution in [0.2, 0.25) is 0 Å². The summed E-state index contributed by atoms with van der Waals surface area (Å²) < 4.78 is 1.63. The van der Waals surface area contributed by atoms with Gasteiger partial charge >= 0.3 is 0 Å². The average molecular weight is 415 g/mol. The molecule has 1 amide bonds. The molecule has 3 heterocycles. The number of H-pyrrole nitrogens is 1. The van der Waals surface area contributed by atoms with Gasteiger partial charge in [0.15, 0.2) is 0 Å². The predicted octanol–water partition coefficient (Wildman–Crippen LogP) is 4.45. The van der Waals surface area contributed by atoms with Gasteiger partial charge in [0.05, 0.1) is 11.3 Å². The van der Waals surface area contributed by atoms with E-state index in [1.54, 1.807) is 24.1 Å². The molecule has 0 aliphatic rings. The van der Waals surface area contributed by atoms with E-state index < -0.39 is 0 Å². The molecule has 1 aromatic carbocycles. The SMILES string of the molecule is CC(=O)Nc1cccc(-c2ccnc3[nH]cc(C(=O)c4cc(C(C)(C)C)nn4C)c23)c1. The zero-order valence-corrected chi connectivity index (χ0v) is 18.3. The number of rotatable bonds is 4. The van der Waals surface area contributed by atoms with E-state index in [4.69, 9.17) is 0 Å². The van der Waals surface area contributed by atoms with Gasteiger partial charge in [0.1, 0.15) is 11.3 Å². The summed E-state index contributed by atoms with van der Waals surface area (Å²) in [5, 5.41) is 8.09. The molecule has 0 bridgehead atoms. The molecule has 2 N–H and O–H groups in total. The van der Waals surface area contributed by atoms with E-state index in [2.05, 4.69) is 41.2 Å². The number of hydrogen-bond donors (Lipinski definition) is 2.